The molecule has 26 heavy (non-hydrogen) atoms. The molecule has 0 atom stereocenters. The Kier molecular flexibility index (Phi) is 5.41. The molecule has 2 aromatic heterocycles. The maximum Gasteiger partial charge on any atom is 0.243 e. The summed E-state index contributed by atoms with van der Waals surface area (Å²) in [6.45, 7) is 4.48. The Hall–Kier alpha value is -2.22. The zero-order valence-corrected chi connectivity index (χ0v) is 16.0. The average molecular weight is 391 g/mol. The topological polar surface area (TPSA) is 79.0 Å². The predicted molar refractivity (Wildman–Crippen MR) is 104 cm³/mol. The van der Waals surface area contributed by atoms with E-state index in [-0.39, 0.29) is 4.90 Å². The monoisotopic (exact) mass is 390 g/mol. The van der Waals surface area contributed by atoms with Gasteiger partial charge in [-0.25, -0.2) is 13.4 Å². The number of aromatic amines is 1. The first-order valence-corrected chi connectivity index (χ1v) is 10.0. The summed E-state index contributed by atoms with van der Waals surface area (Å²) in [6, 6.07) is 8.54. The van der Waals surface area contributed by atoms with Crippen LogP contribution >= 0.6 is 11.6 Å². The van der Waals surface area contributed by atoms with Crippen molar-refractivity contribution in [1.82, 2.24) is 19.3 Å². The van der Waals surface area contributed by atoms with E-state index in [0.29, 0.717) is 35.0 Å². The van der Waals surface area contributed by atoms with Crippen LogP contribution in [0.25, 0.3) is 22.1 Å². The van der Waals surface area contributed by atoms with Crippen molar-refractivity contribution in [2.24, 2.45) is 0 Å². The molecule has 136 valence electrons. The maximum atomic E-state index is 12.7. The fraction of sp³-hybridized carbons (Fsp3) is 0.222. The van der Waals surface area contributed by atoms with Gasteiger partial charge in [-0.05, 0) is 35.9 Å². The van der Waals surface area contributed by atoms with Crippen molar-refractivity contribution in [1.29, 1.82) is 0 Å². The van der Waals surface area contributed by atoms with Crippen LogP contribution in [0.2, 0.25) is 0 Å². The van der Waals surface area contributed by atoms with Gasteiger partial charge in [0, 0.05) is 25.5 Å². The molecule has 0 amide bonds. The molecule has 8 heteroatoms. The molecular formula is C18H19ClN4O2S. The fourth-order valence-electron chi connectivity index (χ4n) is 2.65. The predicted octanol–water partition coefficient (Wildman–Crippen LogP) is 3.73. The van der Waals surface area contributed by atoms with E-state index in [1.165, 1.54) is 4.31 Å². The molecule has 0 bridgehead atoms. The van der Waals surface area contributed by atoms with Crippen molar-refractivity contribution in [3.8, 4) is 0 Å². The average Bonchev–Trinajstić information content (AvgIpc) is 3.07. The number of nitrogens with zero attached hydrogens (tertiary/aromatic N) is 3. The largest absolute Gasteiger partial charge is 0.337 e. The quantitative estimate of drug-likeness (QED) is 0.695. The standard InChI is InChI=1S/C18H19ClN4O2S/c1-3-23(4-2)26(24,25)14-7-8-16-17(11-14)22-18(21-16)15(19)10-13-6-5-9-20-12-13/h5-12H,3-4H2,1-2H3,(H,21,22). The molecule has 1 N–H and O–H groups in total. The normalized spacial score (nSPS) is 12.8. The first kappa shape index (κ1) is 18.6. The van der Waals surface area contributed by atoms with Crippen LogP contribution in [0.5, 0.6) is 0 Å². The first-order valence-electron chi connectivity index (χ1n) is 8.23. The minimum absolute atomic E-state index is 0.233. The number of fused-ring (bicyclic) bond motifs is 1. The molecule has 3 rings (SSSR count). The van der Waals surface area contributed by atoms with Crippen LogP contribution in [0.1, 0.15) is 25.2 Å². The van der Waals surface area contributed by atoms with Gasteiger partial charge in [0.25, 0.3) is 0 Å². The number of aromatic nitrogens is 3. The molecule has 6 nitrogen and oxygen atoms in total. The van der Waals surface area contributed by atoms with E-state index in [2.05, 4.69) is 15.0 Å². The van der Waals surface area contributed by atoms with E-state index in [1.807, 2.05) is 26.0 Å². The molecule has 0 aliphatic carbocycles. The zero-order chi connectivity index (χ0) is 18.7. The van der Waals surface area contributed by atoms with E-state index in [1.54, 1.807) is 36.7 Å². The summed E-state index contributed by atoms with van der Waals surface area (Å²) in [7, 11) is -3.52. The minimum atomic E-state index is -3.52. The van der Waals surface area contributed by atoms with Crippen molar-refractivity contribution in [2.75, 3.05) is 13.1 Å². The Bertz CT molecular complexity index is 1040. The molecule has 0 spiro atoms. The van der Waals surface area contributed by atoms with Crippen molar-refractivity contribution in [3.63, 3.8) is 0 Å². The zero-order valence-electron chi connectivity index (χ0n) is 14.5. The number of sulfonamides is 1. The van der Waals surface area contributed by atoms with Gasteiger partial charge < -0.3 is 4.98 Å². The Morgan fingerprint density at radius 2 is 2.04 bits per heavy atom. The highest BCUT2D eigenvalue weighted by molar-refractivity contribution is 7.89. The minimum Gasteiger partial charge on any atom is -0.337 e. The number of hydrogen-bond acceptors (Lipinski definition) is 4. The summed E-state index contributed by atoms with van der Waals surface area (Å²) >= 11 is 6.35. The van der Waals surface area contributed by atoms with Gasteiger partial charge in [-0.2, -0.15) is 4.31 Å². The van der Waals surface area contributed by atoms with Crippen LogP contribution in [0.3, 0.4) is 0 Å². The third kappa shape index (κ3) is 3.65. The first-order chi connectivity index (χ1) is 12.5. The van der Waals surface area contributed by atoms with E-state index >= 15 is 0 Å². The number of benzene rings is 1. The van der Waals surface area contributed by atoms with Crippen LogP contribution in [0.4, 0.5) is 0 Å². The smallest absolute Gasteiger partial charge is 0.243 e. The molecular weight excluding hydrogens is 372 g/mol. The number of halogens is 1. The van der Waals surface area contributed by atoms with Gasteiger partial charge >= 0.3 is 0 Å². The van der Waals surface area contributed by atoms with Gasteiger partial charge in [-0.3, -0.25) is 4.98 Å². The lowest BCUT2D eigenvalue weighted by atomic mass is 10.2. The van der Waals surface area contributed by atoms with Gasteiger partial charge in [-0.1, -0.05) is 31.5 Å². The third-order valence-corrected chi connectivity index (χ3v) is 6.33. The summed E-state index contributed by atoms with van der Waals surface area (Å²) in [6.07, 6.45) is 5.13. The van der Waals surface area contributed by atoms with Crippen LogP contribution in [-0.2, 0) is 10.0 Å². The van der Waals surface area contributed by atoms with Crippen LogP contribution in [0.15, 0.2) is 47.6 Å². The number of hydrogen-bond donors (Lipinski definition) is 1. The Labute approximate surface area is 157 Å². The van der Waals surface area contributed by atoms with Gasteiger partial charge in [0.1, 0.15) is 5.82 Å². The molecule has 0 fully saturated rings. The van der Waals surface area contributed by atoms with Gasteiger partial charge in [0.15, 0.2) is 0 Å². The van der Waals surface area contributed by atoms with Gasteiger partial charge in [0.2, 0.25) is 10.0 Å². The molecule has 0 unspecified atom stereocenters. The molecule has 1 aromatic carbocycles. The number of rotatable bonds is 6. The van der Waals surface area contributed by atoms with Crippen molar-refractivity contribution >= 4 is 43.8 Å². The van der Waals surface area contributed by atoms with E-state index < -0.39 is 10.0 Å². The second-order valence-corrected chi connectivity index (χ2v) is 7.98. The number of H-pyrrole nitrogens is 1. The summed E-state index contributed by atoms with van der Waals surface area (Å²) in [5, 5.41) is 0.419. The Balaban J connectivity index is 1.99. The summed E-state index contributed by atoms with van der Waals surface area (Å²) in [5.41, 5.74) is 2.12. The number of nitrogens with one attached hydrogen (secondary N) is 1. The summed E-state index contributed by atoms with van der Waals surface area (Å²) in [5.74, 6) is 0.475. The van der Waals surface area contributed by atoms with E-state index in [4.69, 9.17) is 11.6 Å². The highest BCUT2D eigenvalue weighted by Crippen LogP contribution is 2.25. The lowest BCUT2D eigenvalue weighted by Crippen LogP contribution is -2.30. The Morgan fingerprint density at radius 1 is 1.27 bits per heavy atom. The molecule has 0 saturated carbocycles. The Morgan fingerprint density at radius 3 is 2.69 bits per heavy atom. The number of imidazole rings is 1. The molecule has 3 aromatic rings. The molecule has 0 radical (unpaired) electrons. The summed E-state index contributed by atoms with van der Waals surface area (Å²) < 4.78 is 26.8. The lowest BCUT2D eigenvalue weighted by molar-refractivity contribution is 0.445. The van der Waals surface area contributed by atoms with Gasteiger partial charge in [0.05, 0.1) is 21.0 Å². The van der Waals surface area contributed by atoms with Crippen LogP contribution in [0, 0.1) is 0 Å². The molecule has 0 aliphatic rings. The van der Waals surface area contributed by atoms with Crippen molar-refractivity contribution in [2.45, 2.75) is 18.7 Å². The van der Waals surface area contributed by atoms with Crippen molar-refractivity contribution in [3.05, 3.63) is 54.1 Å². The fourth-order valence-corrected chi connectivity index (χ4v) is 4.35. The van der Waals surface area contributed by atoms with E-state index in [0.717, 1.165) is 5.56 Å². The molecule has 0 aliphatic heterocycles. The second-order valence-electron chi connectivity index (χ2n) is 5.63. The highest BCUT2D eigenvalue weighted by Gasteiger charge is 2.22. The second kappa shape index (κ2) is 7.57. The third-order valence-electron chi connectivity index (χ3n) is 4.00. The summed E-state index contributed by atoms with van der Waals surface area (Å²) in [4.78, 5) is 11.8. The SMILES string of the molecule is CCN(CC)S(=O)(=O)c1ccc2nc(C(Cl)=Cc3cccnc3)[nH]c2c1. The molecule has 2 heterocycles. The van der Waals surface area contributed by atoms with E-state index in [9.17, 15) is 8.42 Å². The lowest BCUT2D eigenvalue weighted by Gasteiger charge is -2.18. The van der Waals surface area contributed by atoms with Crippen LogP contribution < -0.4 is 0 Å². The molecule has 0 saturated heterocycles. The van der Waals surface area contributed by atoms with Crippen molar-refractivity contribution < 1.29 is 8.42 Å². The van der Waals surface area contributed by atoms with Crippen LogP contribution in [-0.4, -0.2) is 40.8 Å². The number of pyridine rings is 1. The van der Waals surface area contributed by atoms with Gasteiger partial charge in [-0.15, -0.1) is 0 Å². The highest BCUT2D eigenvalue weighted by atomic mass is 35.5. The maximum absolute atomic E-state index is 12.7.